The van der Waals surface area contributed by atoms with Gasteiger partial charge < -0.3 is 10.8 Å². The molecule has 0 aliphatic heterocycles. The van der Waals surface area contributed by atoms with Crippen molar-refractivity contribution in [3.63, 3.8) is 0 Å². The second kappa shape index (κ2) is 2.82. The monoisotopic (exact) mass is 155 g/mol. The van der Waals surface area contributed by atoms with E-state index in [-0.39, 0.29) is 5.56 Å². The number of rotatable bonds is 2. The number of nitrogen functional groups attached to an aromatic ring is 1. The van der Waals surface area contributed by atoms with Crippen LogP contribution in [-0.4, -0.2) is 10.2 Å². The van der Waals surface area contributed by atoms with Gasteiger partial charge in [-0.1, -0.05) is 13.8 Å². The first-order valence-corrected chi connectivity index (χ1v) is 3.66. The summed E-state index contributed by atoms with van der Waals surface area (Å²) in [5, 5.41) is 5.18. The summed E-state index contributed by atoms with van der Waals surface area (Å²) in [6.45, 7) is 4.15. The average molecular weight is 155 g/mol. The van der Waals surface area contributed by atoms with Gasteiger partial charge in [0.2, 0.25) is 0 Å². The molecule has 1 aromatic rings. The van der Waals surface area contributed by atoms with Crippen LogP contribution in [-0.2, 0) is 6.42 Å². The van der Waals surface area contributed by atoms with Gasteiger partial charge in [-0.3, -0.25) is 9.89 Å². The summed E-state index contributed by atoms with van der Waals surface area (Å²) in [6, 6.07) is 0. The van der Waals surface area contributed by atoms with Crippen LogP contribution in [0, 0.1) is 5.92 Å². The summed E-state index contributed by atoms with van der Waals surface area (Å²) >= 11 is 0. The SMILES string of the molecule is CC(C)Cc1[nH][nH]c(=O)c1N. The van der Waals surface area contributed by atoms with E-state index in [1.165, 1.54) is 0 Å². The molecule has 0 bridgehead atoms. The third-order valence-electron chi connectivity index (χ3n) is 1.51. The number of H-pyrrole nitrogens is 2. The van der Waals surface area contributed by atoms with Crippen LogP contribution in [0.5, 0.6) is 0 Å². The lowest BCUT2D eigenvalue weighted by molar-refractivity contribution is 0.634. The Bertz CT molecular complexity index is 284. The predicted octanol–water partition coefficient (Wildman–Crippen LogP) is 0.484. The molecule has 11 heavy (non-hydrogen) atoms. The number of aromatic amines is 2. The molecule has 1 rings (SSSR count). The molecule has 4 nitrogen and oxygen atoms in total. The maximum absolute atomic E-state index is 10.8. The van der Waals surface area contributed by atoms with Gasteiger partial charge in [0.05, 0.1) is 5.69 Å². The molecule has 0 aliphatic carbocycles. The van der Waals surface area contributed by atoms with E-state index in [0.29, 0.717) is 11.6 Å². The van der Waals surface area contributed by atoms with E-state index in [1.54, 1.807) is 0 Å². The van der Waals surface area contributed by atoms with Gasteiger partial charge >= 0.3 is 0 Å². The summed E-state index contributed by atoms with van der Waals surface area (Å²) in [6.07, 6.45) is 0.810. The van der Waals surface area contributed by atoms with E-state index in [2.05, 4.69) is 24.0 Å². The minimum Gasteiger partial charge on any atom is -0.393 e. The standard InChI is InChI=1S/C7H13N3O/c1-4(2)3-5-6(8)7(11)10-9-5/h4H,3,8H2,1-2H3,(H2,9,10,11). The maximum Gasteiger partial charge on any atom is 0.287 e. The fourth-order valence-electron chi connectivity index (χ4n) is 0.973. The van der Waals surface area contributed by atoms with Gasteiger partial charge in [0, 0.05) is 0 Å². The molecule has 0 atom stereocenters. The average Bonchev–Trinajstić information content (AvgIpc) is 2.18. The Kier molecular flexibility index (Phi) is 2.03. The van der Waals surface area contributed by atoms with Crippen molar-refractivity contribution in [3.8, 4) is 0 Å². The lowest BCUT2D eigenvalue weighted by Gasteiger charge is -2.00. The van der Waals surface area contributed by atoms with Gasteiger partial charge in [-0.25, -0.2) is 0 Å². The topological polar surface area (TPSA) is 74.7 Å². The van der Waals surface area contributed by atoms with Crippen molar-refractivity contribution in [2.75, 3.05) is 5.73 Å². The molecular weight excluding hydrogens is 142 g/mol. The molecule has 0 spiro atoms. The Labute approximate surface area is 64.8 Å². The second-order valence-corrected chi connectivity index (χ2v) is 3.07. The Hall–Kier alpha value is -1.19. The molecule has 0 saturated heterocycles. The Balaban J connectivity index is 2.87. The number of nitrogens with two attached hydrogens (primary N) is 1. The van der Waals surface area contributed by atoms with E-state index >= 15 is 0 Å². The van der Waals surface area contributed by atoms with Crippen LogP contribution in [0.15, 0.2) is 4.79 Å². The first-order valence-electron chi connectivity index (χ1n) is 3.66. The lowest BCUT2D eigenvalue weighted by Crippen LogP contribution is -2.06. The minimum absolute atomic E-state index is 0.222. The first-order chi connectivity index (χ1) is 5.11. The molecule has 0 fully saturated rings. The number of anilines is 1. The van der Waals surface area contributed by atoms with Crippen molar-refractivity contribution in [3.05, 3.63) is 16.0 Å². The largest absolute Gasteiger partial charge is 0.393 e. The fraction of sp³-hybridized carbons (Fsp3) is 0.571. The van der Waals surface area contributed by atoms with Crippen molar-refractivity contribution < 1.29 is 0 Å². The summed E-state index contributed by atoms with van der Waals surface area (Å²) < 4.78 is 0. The van der Waals surface area contributed by atoms with Gasteiger partial charge in [0.15, 0.2) is 0 Å². The van der Waals surface area contributed by atoms with E-state index in [1.807, 2.05) is 0 Å². The van der Waals surface area contributed by atoms with Crippen molar-refractivity contribution >= 4 is 5.69 Å². The van der Waals surface area contributed by atoms with E-state index in [9.17, 15) is 4.79 Å². The third kappa shape index (κ3) is 1.63. The predicted molar refractivity (Wildman–Crippen MR) is 44.4 cm³/mol. The van der Waals surface area contributed by atoms with Crippen LogP contribution in [0.3, 0.4) is 0 Å². The highest BCUT2D eigenvalue weighted by molar-refractivity contribution is 5.40. The number of hydrogen-bond acceptors (Lipinski definition) is 2. The van der Waals surface area contributed by atoms with Gasteiger partial charge in [-0.2, -0.15) is 0 Å². The van der Waals surface area contributed by atoms with Crippen LogP contribution in [0.2, 0.25) is 0 Å². The zero-order valence-corrected chi connectivity index (χ0v) is 6.77. The highest BCUT2D eigenvalue weighted by atomic mass is 16.1. The highest BCUT2D eigenvalue weighted by Crippen LogP contribution is 2.07. The van der Waals surface area contributed by atoms with Crippen LogP contribution in [0.1, 0.15) is 19.5 Å². The van der Waals surface area contributed by atoms with Crippen LogP contribution >= 0.6 is 0 Å². The van der Waals surface area contributed by atoms with Crippen LogP contribution < -0.4 is 11.3 Å². The molecule has 1 heterocycles. The quantitative estimate of drug-likeness (QED) is 0.581. The van der Waals surface area contributed by atoms with Crippen molar-refractivity contribution in [1.29, 1.82) is 0 Å². The van der Waals surface area contributed by atoms with Crippen molar-refractivity contribution in [1.82, 2.24) is 10.2 Å². The molecule has 0 saturated carbocycles. The normalized spacial score (nSPS) is 10.8. The molecule has 0 radical (unpaired) electrons. The molecule has 0 aliphatic rings. The van der Waals surface area contributed by atoms with Crippen molar-refractivity contribution in [2.45, 2.75) is 20.3 Å². The van der Waals surface area contributed by atoms with Crippen LogP contribution in [0.25, 0.3) is 0 Å². The smallest absolute Gasteiger partial charge is 0.287 e. The highest BCUT2D eigenvalue weighted by Gasteiger charge is 2.06. The molecule has 1 aromatic heterocycles. The van der Waals surface area contributed by atoms with Gasteiger partial charge in [0.1, 0.15) is 5.69 Å². The summed E-state index contributed by atoms with van der Waals surface area (Å²) in [7, 11) is 0. The molecule has 62 valence electrons. The maximum atomic E-state index is 10.8. The fourth-order valence-corrected chi connectivity index (χ4v) is 0.973. The summed E-state index contributed by atoms with van der Waals surface area (Å²) in [5.74, 6) is 0.503. The third-order valence-corrected chi connectivity index (χ3v) is 1.51. The molecule has 0 aromatic carbocycles. The molecule has 0 unspecified atom stereocenters. The van der Waals surface area contributed by atoms with E-state index in [0.717, 1.165) is 12.1 Å². The summed E-state index contributed by atoms with van der Waals surface area (Å²) in [4.78, 5) is 10.8. The number of nitrogens with one attached hydrogen (secondary N) is 2. The Morgan fingerprint density at radius 1 is 1.45 bits per heavy atom. The first kappa shape index (κ1) is 7.91. The zero-order chi connectivity index (χ0) is 8.43. The second-order valence-electron chi connectivity index (χ2n) is 3.07. The molecule has 0 amide bonds. The van der Waals surface area contributed by atoms with E-state index < -0.39 is 0 Å². The molecule has 4 heteroatoms. The minimum atomic E-state index is -0.222. The Morgan fingerprint density at radius 3 is 2.45 bits per heavy atom. The number of aromatic nitrogens is 2. The van der Waals surface area contributed by atoms with Crippen LogP contribution in [0.4, 0.5) is 5.69 Å². The molecule has 4 N–H and O–H groups in total. The van der Waals surface area contributed by atoms with Gasteiger partial charge in [0.25, 0.3) is 5.56 Å². The van der Waals surface area contributed by atoms with Crippen molar-refractivity contribution in [2.24, 2.45) is 5.92 Å². The van der Waals surface area contributed by atoms with Gasteiger partial charge in [-0.15, -0.1) is 0 Å². The zero-order valence-electron chi connectivity index (χ0n) is 6.77. The lowest BCUT2D eigenvalue weighted by atomic mass is 10.1. The summed E-state index contributed by atoms with van der Waals surface area (Å²) in [5.41, 5.74) is 6.38. The number of hydrogen-bond donors (Lipinski definition) is 3. The molecular formula is C7H13N3O. The van der Waals surface area contributed by atoms with Gasteiger partial charge in [-0.05, 0) is 12.3 Å². The van der Waals surface area contributed by atoms with E-state index in [4.69, 9.17) is 5.73 Å². The Morgan fingerprint density at radius 2 is 2.09 bits per heavy atom.